The van der Waals surface area contributed by atoms with Crippen molar-refractivity contribution in [1.82, 2.24) is 10.1 Å². The monoisotopic (exact) mass is 225 g/mol. The van der Waals surface area contributed by atoms with Crippen molar-refractivity contribution in [3.05, 3.63) is 35.2 Å². The molecule has 0 saturated carbocycles. The van der Waals surface area contributed by atoms with Gasteiger partial charge in [-0.05, 0) is 18.6 Å². The van der Waals surface area contributed by atoms with E-state index in [4.69, 9.17) is 10.3 Å². The smallest absolute Gasteiger partial charge is 0.240 e. The van der Waals surface area contributed by atoms with Crippen LogP contribution in [0.25, 0.3) is 11.4 Å². The predicted octanol–water partition coefficient (Wildman–Crippen LogP) is 1.78. The van der Waals surface area contributed by atoms with Crippen LogP contribution in [0.2, 0.25) is 0 Å². The fourth-order valence-electron chi connectivity index (χ4n) is 1.30. The summed E-state index contributed by atoms with van der Waals surface area (Å²) in [6, 6.07) is 2.50. The summed E-state index contributed by atoms with van der Waals surface area (Å²) in [6.07, 6.45) is 0. The number of hydrogen-bond donors (Lipinski definition) is 1. The van der Waals surface area contributed by atoms with Crippen LogP contribution in [0.3, 0.4) is 0 Å². The van der Waals surface area contributed by atoms with Crippen molar-refractivity contribution in [2.75, 3.05) is 0 Å². The highest BCUT2D eigenvalue weighted by Gasteiger charge is 2.18. The van der Waals surface area contributed by atoms with E-state index in [1.54, 1.807) is 0 Å². The van der Waals surface area contributed by atoms with Gasteiger partial charge in [0.05, 0.1) is 12.1 Å². The summed E-state index contributed by atoms with van der Waals surface area (Å²) < 4.78 is 31.8. The molecule has 0 aliphatic carbocycles. The van der Waals surface area contributed by atoms with Crippen LogP contribution in [-0.2, 0) is 6.54 Å². The Morgan fingerprint density at radius 2 is 2.12 bits per heavy atom. The molecule has 16 heavy (non-hydrogen) atoms. The third-order valence-electron chi connectivity index (χ3n) is 2.15. The van der Waals surface area contributed by atoms with Crippen LogP contribution in [0.4, 0.5) is 8.78 Å². The molecule has 1 heterocycles. The molecule has 0 fully saturated rings. The molecule has 0 bridgehead atoms. The second kappa shape index (κ2) is 3.97. The summed E-state index contributed by atoms with van der Waals surface area (Å²) >= 11 is 0. The van der Waals surface area contributed by atoms with Crippen molar-refractivity contribution < 1.29 is 13.3 Å². The summed E-state index contributed by atoms with van der Waals surface area (Å²) in [5, 5.41) is 3.47. The van der Waals surface area contributed by atoms with E-state index < -0.39 is 11.6 Å². The molecular formula is C10H9F2N3O. The van der Waals surface area contributed by atoms with Crippen molar-refractivity contribution in [3.8, 4) is 11.4 Å². The first kappa shape index (κ1) is 10.7. The summed E-state index contributed by atoms with van der Waals surface area (Å²) in [6.45, 7) is 1.56. The van der Waals surface area contributed by atoms with Crippen LogP contribution in [0, 0.1) is 18.6 Å². The maximum absolute atomic E-state index is 13.7. The molecule has 1 aromatic carbocycles. The molecule has 0 amide bonds. The Hall–Kier alpha value is -1.82. The highest BCUT2D eigenvalue weighted by molar-refractivity contribution is 5.57. The summed E-state index contributed by atoms with van der Waals surface area (Å²) in [5.41, 5.74) is 5.29. The van der Waals surface area contributed by atoms with Crippen molar-refractivity contribution >= 4 is 0 Å². The molecule has 0 aliphatic heterocycles. The summed E-state index contributed by atoms with van der Waals surface area (Å²) in [4.78, 5) is 3.78. The number of nitrogens with zero attached hydrogens (tertiary/aromatic N) is 2. The number of halogens is 2. The molecule has 0 unspecified atom stereocenters. The summed E-state index contributed by atoms with van der Waals surface area (Å²) in [5.74, 6) is -1.41. The van der Waals surface area contributed by atoms with Gasteiger partial charge in [-0.25, -0.2) is 8.78 Å². The minimum absolute atomic E-state index is 0.0298. The molecule has 4 nitrogen and oxygen atoms in total. The van der Waals surface area contributed by atoms with Gasteiger partial charge >= 0.3 is 0 Å². The highest BCUT2D eigenvalue weighted by atomic mass is 19.1. The van der Waals surface area contributed by atoms with Gasteiger partial charge in [-0.15, -0.1) is 0 Å². The van der Waals surface area contributed by atoms with E-state index in [0.717, 1.165) is 6.07 Å². The lowest BCUT2D eigenvalue weighted by Gasteiger charge is -2.02. The van der Waals surface area contributed by atoms with Gasteiger partial charge in [-0.1, -0.05) is 11.2 Å². The maximum Gasteiger partial charge on any atom is 0.240 e. The Balaban J connectivity index is 2.58. The summed E-state index contributed by atoms with van der Waals surface area (Å²) in [7, 11) is 0. The van der Waals surface area contributed by atoms with E-state index in [2.05, 4.69) is 10.1 Å². The lowest BCUT2D eigenvalue weighted by molar-refractivity contribution is 0.380. The third kappa shape index (κ3) is 1.67. The molecule has 2 aromatic rings. The van der Waals surface area contributed by atoms with E-state index in [1.165, 1.54) is 13.0 Å². The van der Waals surface area contributed by atoms with Crippen LogP contribution < -0.4 is 5.73 Å². The van der Waals surface area contributed by atoms with Crippen molar-refractivity contribution in [1.29, 1.82) is 0 Å². The van der Waals surface area contributed by atoms with E-state index in [9.17, 15) is 8.78 Å². The Kier molecular flexibility index (Phi) is 2.66. The van der Waals surface area contributed by atoms with Gasteiger partial charge in [0.1, 0.15) is 11.6 Å². The third-order valence-corrected chi connectivity index (χ3v) is 2.15. The zero-order valence-corrected chi connectivity index (χ0v) is 8.50. The predicted molar refractivity (Wildman–Crippen MR) is 52.3 cm³/mol. The Labute approximate surface area is 90.1 Å². The molecule has 1 aromatic heterocycles. The second-order valence-electron chi connectivity index (χ2n) is 3.27. The molecule has 2 N–H and O–H groups in total. The Morgan fingerprint density at radius 3 is 2.75 bits per heavy atom. The molecule has 0 radical (unpaired) electrons. The lowest BCUT2D eigenvalue weighted by Crippen LogP contribution is -1.97. The van der Waals surface area contributed by atoms with Gasteiger partial charge < -0.3 is 10.3 Å². The molecule has 84 valence electrons. The average molecular weight is 225 g/mol. The maximum atomic E-state index is 13.7. The number of rotatable bonds is 2. The fraction of sp³-hybridized carbons (Fsp3) is 0.200. The lowest BCUT2D eigenvalue weighted by atomic mass is 10.1. The van der Waals surface area contributed by atoms with Crippen LogP contribution in [-0.4, -0.2) is 10.1 Å². The highest BCUT2D eigenvalue weighted by Crippen LogP contribution is 2.25. The van der Waals surface area contributed by atoms with E-state index in [-0.39, 0.29) is 23.8 Å². The molecule has 6 heteroatoms. The number of benzene rings is 1. The first-order valence-corrected chi connectivity index (χ1v) is 4.61. The topological polar surface area (TPSA) is 64.9 Å². The molecule has 0 atom stereocenters. The van der Waals surface area contributed by atoms with Crippen LogP contribution in [0.1, 0.15) is 11.5 Å². The first-order chi connectivity index (χ1) is 7.63. The van der Waals surface area contributed by atoms with Crippen molar-refractivity contribution in [2.45, 2.75) is 13.5 Å². The second-order valence-corrected chi connectivity index (χ2v) is 3.27. The number of hydrogen-bond acceptors (Lipinski definition) is 4. The quantitative estimate of drug-likeness (QED) is 0.846. The zero-order chi connectivity index (χ0) is 11.7. The minimum atomic E-state index is -0.729. The van der Waals surface area contributed by atoms with Crippen molar-refractivity contribution in [3.63, 3.8) is 0 Å². The first-order valence-electron chi connectivity index (χ1n) is 4.61. The molecular weight excluding hydrogens is 216 g/mol. The van der Waals surface area contributed by atoms with Crippen LogP contribution >= 0.6 is 0 Å². The van der Waals surface area contributed by atoms with E-state index in [1.807, 2.05) is 0 Å². The molecule has 2 rings (SSSR count). The number of nitrogens with two attached hydrogens (primary N) is 1. The fourth-order valence-corrected chi connectivity index (χ4v) is 1.30. The minimum Gasteiger partial charge on any atom is -0.338 e. The zero-order valence-electron chi connectivity index (χ0n) is 8.50. The molecule has 0 spiro atoms. The van der Waals surface area contributed by atoms with Gasteiger partial charge in [-0.2, -0.15) is 4.98 Å². The number of aryl methyl sites for hydroxylation is 1. The molecule has 0 aliphatic rings. The van der Waals surface area contributed by atoms with E-state index >= 15 is 0 Å². The van der Waals surface area contributed by atoms with Gasteiger partial charge in [0, 0.05) is 0 Å². The van der Waals surface area contributed by atoms with Gasteiger partial charge in [0.2, 0.25) is 11.7 Å². The Bertz CT molecular complexity index is 525. The van der Waals surface area contributed by atoms with Crippen LogP contribution in [0.15, 0.2) is 16.7 Å². The largest absolute Gasteiger partial charge is 0.338 e. The van der Waals surface area contributed by atoms with Crippen molar-refractivity contribution in [2.24, 2.45) is 5.73 Å². The van der Waals surface area contributed by atoms with Gasteiger partial charge in [0.15, 0.2) is 0 Å². The Morgan fingerprint density at radius 1 is 1.38 bits per heavy atom. The van der Waals surface area contributed by atoms with Crippen LogP contribution in [0.5, 0.6) is 0 Å². The average Bonchev–Trinajstić information content (AvgIpc) is 2.73. The SMILES string of the molecule is Cc1ccc(F)c(-c2noc(CN)n2)c1F. The molecule has 0 saturated heterocycles. The number of aromatic nitrogens is 2. The van der Waals surface area contributed by atoms with Gasteiger partial charge in [-0.3, -0.25) is 0 Å². The standard InChI is InChI=1S/C10H9F2N3O/c1-5-2-3-6(11)8(9(5)12)10-14-7(4-13)16-15-10/h2-3H,4,13H2,1H3. The normalized spacial score (nSPS) is 10.8. The van der Waals surface area contributed by atoms with E-state index in [0.29, 0.717) is 5.56 Å². The van der Waals surface area contributed by atoms with Gasteiger partial charge in [0.25, 0.3) is 0 Å².